The predicted molar refractivity (Wildman–Crippen MR) is 96.7 cm³/mol. The SMILES string of the molecule is CNS(=O)(=O)c1cc(C(=O)NCCc2ccc(C(F)(F)F)cc2)ccc1OC. The maximum atomic E-state index is 12.5. The van der Waals surface area contributed by atoms with Gasteiger partial charge in [-0.05, 0) is 49.4 Å². The van der Waals surface area contributed by atoms with E-state index in [1.165, 1.54) is 44.5 Å². The molecule has 10 heteroatoms. The minimum absolute atomic E-state index is 0.0932. The zero-order valence-corrected chi connectivity index (χ0v) is 15.9. The van der Waals surface area contributed by atoms with Crippen molar-refractivity contribution in [2.75, 3.05) is 20.7 Å². The van der Waals surface area contributed by atoms with Crippen LogP contribution in [0, 0.1) is 0 Å². The van der Waals surface area contributed by atoms with Gasteiger partial charge < -0.3 is 10.1 Å². The molecule has 0 bridgehead atoms. The van der Waals surface area contributed by atoms with E-state index in [0.717, 1.165) is 12.1 Å². The van der Waals surface area contributed by atoms with E-state index in [1.54, 1.807) is 0 Å². The molecule has 0 radical (unpaired) electrons. The van der Waals surface area contributed by atoms with Crippen molar-refractivity contribution < 1.29 is 31.1 Å². The number of methoxy groups -OCH3 is 1. The Labute approximate surface area is 160 Å². The number of alkyl halides is 3. The van der Waals surface area contributed by atoms with Gasteiger partial charge in [-0.2, -0.15) is 13.2 Å². The highest BCUT2D eigenvalue weighted by Gasteiger charge is 2.29. The summed E-state index contributed by atoms with van der Waals surface area (Å²) in [5.74, 6) is -0.419. The highest BCUT2D eigenvalue weighted by atomic mass is 32.2. The van der Waals surface area contributed by atoms with Crippen LogP contribution in [0.25, 0.3) is 0 Å². The first-order valence-corrected chi connectivity index (χ1v) is 9.62. The van der Waals surface area contributed by atoms with Crippen LogP contribution in [0.2, 0.25) is 0 Å². The van der Waals surface area contributed by atoms with E-state index >= 15 is 0 Å². The van der Waals surface area contributed by atoms with Gasteiger partial charge in [0.2, 0.25) is 10.0 Å². The molecular formula is C18H19F3N2O4S. The molecule has 0 heterocycles. The quantitative estimate of drug-likeness (QED) is 0.727. The monoisotopic (exact) mass is 416 g/mol. The molecule has 0 aliphatic rings. The van der Waals surface area contributed by atoms with Gasteiger partial charge in [0.1, 0.15) is 10.6 Å². The van der Waals surface area contributed by atoms with Crippen molar-refractivity contribution in [2.24, 2.45) is 0 Å². The Morgan fingerprint density at radius 3 is 2.29 bits per heavy atom. The number of ether oxygens (including phenoxy) is 1. The number of nitrogens with one attached hydrogen (secondary N) is 2. The highest BCUT2D eigenvalue weighted by Crippen LogP contribution is 2.29. The molecule has 1 amide bonds. The van der Waals surface area contributed by atoms with Crippen LogP contribution in [-0.2, 0) is 22.6 Å². The zero-order chi connectivity index (χ0) is 20.9. The molecule has 0 fully saturated rings. The number of hydrogen-bond donors (Lipinski definition) is 2. The van der Waals surface area contributed by atoms with Crippen LogP contribution < -0.4 is 14.8 Å². The smallest absolute Gasteiger partial charge is 0.416 e. The number of rotatable bonds is 7. The first-order chi connectivity index (χ1) is 13.1. The fourth-order valence-corrected chi connectivity index (χ4v) is 3.34. The van der Waals surface area contributed by atoms with Crippen molar-refractivity contribution in [1.29, 1.82) is 0 Å². The summed E-state index contributed by atoms with van der Waals surface area (Å²) in [6.45, 7) is 0.171. The third-order valence-corrected chi connectivity index (χ3v) is 5.40. The summed E-state index contributed by atoms with van der Waals surface area (Å²) in [5, 5.41) is 2.61. The lowest BCUT2D eigenvalue weighted by Crippen LogP contribution is -2.26. The molecule has 0 aliphatic carbocycles. The molecule has 0 spiro atoms. The molecule has 2 aromatic carbocycles. The fourth-order valence-electron chi connectivity index (χ4n) is 2.42. The number of carbonyl (C=O) groups is 1. The number of benzene rings is 2. The Bertz CT molecular complexity index is 942. The Morgan fingerprint density at radius 2 is 1.75 bits per heavy atom. The van der Waals surface area contributed by atoms with E-state index in [-0.39, 0.29) is 22.8 Å². The van der Waals surface area contributed by atoms with Gasteiger partial charge in [0.25, 0.3) is 5.91 Å². The van der Waals surface area contributed by atoms with Gasteiger partial charge in [0, 0.05) is 12.1 Å². The van der Waals surface area contributed by atoms with E-state index in [0.29, 0.717) is 12.0 Å². The average molecular weight is 416 g/mol. The summed E-state index contributed by atoms with van der Waals surface area (Å²) in [4.78, 5) is 12.1. The van der Waals surface area contributed by atoms with Gasteiger partial charge in [-0.15, -0.1) is 0 Å². The molecule has 28 heavy (non-hydrogen) atoms. The largest absolute Gasteiger partial charge is 0.495 e. The standard InChI is InChI=1S/C18H19F3N2O4S/c1-22-28(25,26)16-11-13(5-8-15(16)27-2)17(24)23-10-9-12-3-6-14(7-4-12)18(19,20)21/h3-8,11,22H,9-10H2,1-2H3,(H,23,24). The minimum Gasteiger partial charge on any atom is -0.495 e. The number of carbonyl (C=O) groups excluding carboxylic acids is 1. The molecule has 0 aromatic heterocycles. The van der Waals surface area contributed by atoms with Crippen LogP contribution in [-0.4, -0.2) is 35.0 Å². The second kappa shape index (κ2) is 8.61. The summed E-state index contributed by atoms with van der Waals surface area (Å²) in [6, 6.07) is 8.64. The molecule has 2 aromatic rings. The van der Waals surface area contributed by atoms with Gasteiger partial charge in [-0.25, -0.2) is 13.1 Å². The van der Waals surface area contributed by atoms with Crippen molar-refractivity contribution in [3.63, 3.8) is 0 Å². The molecule has 152 valence electrons. The molecule has 0 atom stereocenters. The lowest BCUT2D eigenvalue weighted by atomic mass is 10.1. The first kappa shape index (κ1) is 21.7. The maximum Gasteiger partial charge on any atom is 0.416 e. The van der Waals surface area contributed by atoms with Crippen LogP contribution in [0.3, 0.4) is 0 Å². The zero-order valence-electron chi connectivity index (χ0n) is 15.1. The molecule has 0 saturated heterocycles. The van der Waals surface area contributed by atoms with Crippen molar-refractivity contribution in [1.82, 2.24) is 10.0 Å². The highest BCUT2D eigenvalue weighted by molar-refractivity contribution is 7.89. The van der Waals surface area contributed by atoms with Gasteiger partial charge >= 0.3 is 6.18 Å². The summed E-state index contributed by atoms with van der Waals surface area (Å²) in [6.07, 6.45) is -4.08. The van der Waals surface area contributed by atoms with E-state index in [2.05, 4.69) is 10.0 Å². The number of amides is 1. The third kappa shape index (κ3) is 5.23. The summed E-state index contributed by atoms with van der Waals surface area (Å²) < 4.78 is 68.9. The molecule has 0 unspecified atom stereocenters. The predicted octanol–water partition coefficient (Wildman–Crippen LogP) is 2.59. The topological polar surface area (TPSA) is 84.5 Å². The van der Waals surface area contributed by atoms with Crippen molar-refractivity contribution >= 4 is 15.9 Å². The van der Waals surface area contributed by atoms with Crippen LogP contribution in [0.5, 0.6) is 5.75 Å². The van der Waals surface area contributed by atoms with Crippen LogP contribution in [0.1, 0.15) is 21.5 Å². The maximum absolute atomic E-state index is 12.5. The normalized spacial score (nSPS) is 11.9. The van der Waals surface area contributed by atoms with Crippen LogP contribution >= 0.6 is 0 Å². The molecule has 0 saturated carbocycles. The van der Waals surface area contributed by atoms with E-state index in [1.807, 2.05) is 0 Å². The summed E-state index contributed by atoms with van der Waals surface area (Å²) >= 11 is 0. The number of hydrogen-bond acceptors (Lipinski definition) is 4. The second-order valence-electron chi connectivity index (χ2n) is 5.77. The van der Waals surface area contributed by atoms with Gasteiger partial charge in [0.15, 0.2) is 0 Å². The van der Waals surface area contributed by atoms with Gasteiger partial charge in [-0.3, -0.25) is 4.79 Å². The third-order valence-electron chi connectivity index (χ3n) is 3.96. The lowest BCUT2D eigenvalue weighted by Gasteiger charge is -2.11. The summed E-state index contributed by atoms with van der Waals surface area (Å²) in [7, 11) is -1.27. The molecule has 6 nitrogen and oxygen atoms in total. The van der Waals surface area contributed by atoms with Gasteiger partial charge in [-0.1, -0.05) is 12.1 Å². The van der Waals surface area contributed by atoms with Crippen LogP contribution in [0.15, 0.2) is 47.4 Å². The van der Waals surface area contributed by atoms with E-state index in [9.17, 15) is 26.4 Å². The fraction of sp³-hybridized carbons (Fsp3) is 0.278. The van der Waals surface area contributed by atoms with Crippen molar-refractivity contribution in [3.05, 3.63) is 59.2 Å². The summed E-state index contributed by atoms with van der Waals surface area (Å²) in [5.41, 5.74) is 0.000292. The molecule has 0 aliphatic heterocycles. The Hall–Kier alpha value is -2.59. The Balaban J connectivity index is 2.04. The van der Waals surface area contributed by atoms with Crippen molar-refractivity contribution in [3.8, 4) is 5.75 Å². The lowest BCUT2D eigenvalue weighted by molar-refractivity contribution is -0.137. The Kier molecular flexibility index (Phi) is 6.68. The number of halogens is 3. The molecule has 2 N–H and O–H groups in total. The van der Waals surface area contributed by atoms with Crippen LogP contribution in [0.4, 0.5) is 13.2 Å². The van der Waals surface area contributed by atoms with Crippen molar-refractivity contribution in [2.45, 2.75) is 17.5 Å². The minimum atomic E-state index is -4.40. The Morgan fingerprint density at radius 1 is 1.11 bits per heavy atom. The van der Waals surface area contributed by atoms with E-state index < -0.39 is 27.7 Å². The second-order valence-corrected chi connectivity index (χ2v) is 7.63. The average Bonchev–Trinajstić information content (AvgIpc) is 2.67. The van der Waals surface area contributed by atoms with E-state index in [4.69, 9.17) is 4.74 Å². The first-order valence-electron chi connectivity index (χ1n) is 8.14. The number of sulfonamides is 1. The molecular weight excluding hydrogens is 397 g/mol. The molecule has 2 rings (SSSR count). The van der Waals surface area contributed by atoms with Gasteiger partial charge in [0.05, 0.1) is 12.7 Å².